The van der Waals surface area contributed by atoms with Crippen LogP contribution in [0.4, 0.5) is 0 Å². The fraction of sp³-hybridized carbons (Fsp3) is 0.433. The van der Waals surface area contributed by atoms with Gasteiger partial charge in [-0.1, -0.05) is 77.9 Å². The summed E-state index contributed by atoms with van der Waals surface area (Å²) in [5.74, 6) is 0.105. The van der Waals surface area contributed by atoms with Gasteiger partial charge >= 0.3 is 0 Å². The second-order valence-corrected chi connectivity index (χ2v) is 9.85. The Morgan fingerprint density at radius 1 is 0.968 bits per heavy atom. The van der Waals surface area contributed by atoms with E-state index >= 15 is 0 Å². The fourth-order valence-electron chi connectivity index (χ4n) is 4.03. The normalized spacial score (nSPS) is 15.4. The lowest BCUT2D eigenvalue weighted by molar-refractivity contribution is -0.661. The Kier molecular flexibility index (Phi) is 4.98. The number of hydrogen-bond acceptors (Lipinski definition) is 0. The largest absolute Gasteiger partial charge is 0.212 e. The van der Waals surface area contributed by atoms with Gasteiger partial charge in [-0.25, -0.2) is 4.57 Å². The van der Waals surface area contributed by atoms with Gasteiger partial charge in [0, 0.05) is 24.0 Å². The molecule has 0 unspecified atom stereocenters. The molecule has 0 amide bonds. The molecule has 0 radical (unpaired) electrons. The summed E-state index contributed by atoms with van der Waals surface area (Å²) < 4.78 is 44.3. The molecule has 0 spiro atoms. The molecule has 0 aliphatic carbocycles. The maximum absolute atomic E-state index is 8.93. The van der Waals surface area contributed by atoms with Crippen LogP contribution in [0.2, 0.25) is 0 Å². The number of hydrogen-bond donors (Lipinski definition) is 0. The molecule has 1 aromatic heterocycles. The van der Waals surface area contributed by atoms with Crippen molar-refractivity contribution in [3.63, 3.8) is 0 Å². The van der Waals surface area contributed by atoms with Gasteiger partial charge in [-0.2, -0.15) is 0 Å². The first-order valence-electron chi connectivity index (χ1n) is 13.7. The second kappa shape index (κ2) is 8.99. The first-order chi connectivity index (χ1) is 16.5. The van der Waals surface area contributed by atoms with Gasteiger partial charge in [-0.3, -0.25) is 0 Å². The van der Waals surface area contributed by atoms with Crippen LogP contribution in [0.3, 0.4) is 0 Å². The van der Waals surface area contributed by atoms with Gasteiger partial charge in [0.2, 0.25) is 5.69 Å². The zero-order valence-corrected chi connectivity index (χ0v) is 20.3. The van der Waals surface area contributed by atoms with E-state index in [0.717, 1.165) is 27.9 Å². The third kappa shape index (κ3) is 4.76. The van der Waals surface area contributed by atoms with Gasteiger partial charge in [0.25, 0.3) is 0 Å². The predicted molar refractivity (Wildman–Crippen MR) is 134 cm³/mol. The van der Waals surface area contributed by atoms with E-state index in [1.165, 1.54) is 0 Å². The van der Waals surface area contributed by atoms with E-state index in [1.807, 2.05) is 75.0 Å². The Morgan fingerprint density at radius 2 is 1.65 bits per heavy atom. The molecule has 0 bridgehead atoms. The molecule has 0 atom stereocenters. The van der Waals surface area contributed by atoms with E-state index < -0.39 is 13.2 Å². The van der Waals surface area contributed by atoms with Crippen LogP contribution < -0.4 is 4.57 Å². The summed E-state index contributed by atoms with van der Waals surface area (Å²) >= 11 is 0. The third-order valence-electron chi connectivity index (χ3n) is 6.58. The molecule has 0 N–H and O–H groups in total. The van der Waals surface area contributed by atoms with Gasteiger partial charge < -0.3 is 0 Å². The first-order valence-corrected chi connectivity index (χ1v) is 11.2. The van der Waals surface area contributed by atoms with E-state index in [0.29, 0.717) is 22.6 Å². The summed E-state index contributed by atoms with van der Waals surface area (Å²) in [6.07, 6.45) is 0.446. The van der Waals surface area contributed by atoms with Crippen molar-refractivity contribution in [3.05, 3.63) is 77.0 Å². The maximum Gasteiger partial charge on any atom is 0.212 e. The Labute approximate surface area is 197 Å². The quantitative estimate of drug-likeness (QED) is 0.362. The summed E-state index contributed by atoms with van der Waals surface area (Å²) in [4.78, 5) is 0. The van der Waals surface area contributed by atoms with Crippen LogP contribution >= 0.6 is 0 Å². The molecule has 0 saturated carbocycles. The monoisotopic (exact) mass is 419 g/mol. The fourth-order valence-corrected chi connectivity index (χ4v) is 4.03. The standard InChI is InChI=1S/C30H40N/c1-20(2)15-25-19-31(9)29(18-28(25)30(7,8)21(3)4)27-17-26(22(5)16-23(27)6)24-13-11-10-12-14-24/h10-14,16-21H,15H2,1-9H3/q+1/i5D3,15D2. The summed E-state index contributed by atoms with van der Waals surface area (Å²) in [6.45, 7) is 12.3. The highest BCUT2D eigenvalue weighted by Crippen LogP contribution is 2.37. The number of nitrogens with zero attached hydrogens (tertiary/aromatic N) is 1. The molecule has 0 aliphatic rings. The van der Waals surface area contributed by atoms with Crippen LogP contribution in [0.25, 0.3) is 22.4 Å². The Balaban J connectivity index is 2.40. The lowest BCUT2D eigenvalue weighted by Crippen LogP contribution is -2.35. The molecule has 31 heavy (non-hydrogen) atoms. The summed E-state index contributed by atoms with van der Waals surface area (Å²) in [7, 11) is 1.95. The molecule has 2 aromatic carbocycles. The number of aromatic nitrogens is 1. The molecule has 0 saturated heterocycles. The number of pyridine rings is 1. The van der Waals surface area contributed by atoms with Crippen molar-refractivity contribution in [2.24, 2.45) is 18.9 Å². The molecular weight excluding hydrogens is 374 g/mol. The maximum atomic E-state index is 8.93. The highest BCUT2D eigenvalue weighted by Gasteiger charge is 2.31. The van der Waals surface area contributed by atoms with Gasteiger partial charge in [0.05, 0.1) is 0 Å². The topological polar surface area (TPSA) is 3.88 Å². The number of aryl methyl sites for hydroxylation is 3. The van der Waals surface area contributed by atoms with Gasteiger partial charge in [0.1, 0.15) is 7.05 Å². The average Bonchev–Trinajstić information content (AvgIpc) is 2.78. The van der Waals surface area contributed by atoms with Gasteiger partial charge in [0.15, 0.2) is 6.20 Å². The number of rotatable bonds is 6. The highest BCUT2D eigenvalue weighted by atomic mass is 14.9. The zero-order valence-electron chi connectivity index (χ0n) is 25.3. The van der Waals surface area contributed by atoms with Gasteiger partial charge in [-0.05, 0) is 71.3 Å². The van der Waals surface area contributed by atoms with Crippen molar-refractivity contribution in [2.75, 3.05) is 0 Å². The Morgan fingerprint density at radius 3 is 2.23 bits per heavy atom. The van der Waals surface area contributed by atoms with E-state index in [9.17, 15) is 0 Å². The van der Waals surface area contributed by atoms with Crippen molar-refractivity contribution < 1.29 is 11.4 Å². The van der Waals surface area contributed by atoms with Gasteiger partial charge in [-0.15, -0.1) is 0 Å². The minimum atomic E-state index is -2.24. The smallest absolute Gasteiger partial charge is 0.201 e. The van der Waals surface area contributed by atoms with Crippen LogP contribution in [0.15, 0.2) is 54.7 Å². The predicted octanol–water partition coefficient (Wildman–Crippen LogP) is 7.59. The molecule has 164 valence electrons. The summed E-state index contributed by atoms with van der Waals surface area (Å²) in [6, 6.07) is 15.6. The van der Waals surface area contributed by atoms with E-state index in [4.69, 9.17) is 6.85 Å². The van der Waals surface area contributed by atoms with Crippen molar-refractivity contribution in [1.82, 2.24) is 0 Å². The summed E-state index contributed by atoms with van der Waals surface area (Å²) in [5.41, 5.74) is 6.10. The van der Waals surface area contributed by atoms with Crippen LogP contribution in [0, 0.1) is 25.6 Å². The van der Waals surface area contributed by atoms with Crippen LogP contribution in [0.1, 0.15) is 70.7 Å². The van der Waals surface area contributed by atoms with E-state index in [1.54, 1.807) is 6.07 Å². The van der Waals surface area contributed by atoms with Crippen LogP contribution in [0.5, 0.6) is 0 Å². The molecule has 3 aromatic rings. The first kappa shape index (κ1) is 17.2. The molecule has 0 fully saturated rings. The van der Waals surface area contributed by atoms with Crippen molar-refractivity contribution in [3.8, 4) is 22.4 Å². The zero-order chi connectivity index (χ0) is 27.2. The molecular formula is C30H40N+. The molecule has 1 heterocycles. The Hall–Kier alpha value is -2.41. The average molecular weight is 420 g/mol. The Bertz CT molecular complexity index is 1240. The lowest BCUT2D eigenvalue weighted by Gasteiger charge is -2.32. The SMILES string of the molecule is [2H]C([2H])([2H])c1cc(C)c(-c2cc(C(C)(C)C(C)C)c(C([2H])([2H])C(C)C)c[n+]2C)cc1-c1ccccc1. The van der Waals surface area contributed by atoms with Crippen molar-refractivity contribution >= 4 is 0 Å². The van der Waals surface area contributed by atoms with Crippen molar-refractivity contribution in [1.29, 1.82) is 0 Å². The minimum absolute atomic E-state index is 0.185. The highest BCUT2D eigenvalue weighted by molar-refractivity contribution is 5.75. The molecule has 1 heteroatoms. The minimum Gasteiger partial charge on any atom is -0.201 e. The van der Waals surface area contributed by atoms with Crippen LogP contribution in [-0.4, -0.2) is 0 Å². The van der Waals surface area contributed by atoms with Crippen molar-refractivity contribution in [2.45, 2.75) is 67.1 Å². The molecule has 1 nitrogen and oxygen atoms in total. The summed E-state index contributed by atoms with van der Waals surface area (Å²) in [5, 5.41) is 0. The molecule has 0 aliphatic heterocycles. The third-order valence-corrected chi connectivity index (χ3v) is 6.58. The number of benzene rings is 2. The lowest BCUT2D eigenvalue weighted by atomic mass is 9.72. The second-order valence-electron chi connectivity index (χ2n) is 9.85. The van der Waals surface area contributed by atoms with E-state index in [-0.39, 0.29) is 11.3 Å². The van der Waals surface area contributed by atoms with E-state index in [2.05, 4.69) is 33.8 Å². The van der Waals surface area contributed by atoms with Crippen LogP contribution in [-0.2, 0) is 18.8 Å². The molecule has 3 rings (SSSR count).